The number of nitrogens with zero attached hydrogens (tertiary/aromatic N) is 2. The number of hydrogen-bond acceptors (Lipinski definition) is 5. The van der Waals surface area contributed by atoms with Gasteiger partial charge in [0.2, 0.25) is 0 Å². The number of aliphatic hydroxyl groups excluding tert-OH is 3. The molecular weight excluding hydrogens is 172 g/mol. The fourth-order valence-corrected chi connectivity index (χ4v) is 0.760. The summed E-state index contributed by atoms with van der Waals surface area (Å²) in [7, 11) is 0. The molecule has 0 aliphatic heterocycles. The van der Waals surface area contributed by atoms with Crippen molar-refractivity contribution in [1.29, 1.82) is 5.26 Å². The third kappa shape index (κ3) is 14.2. The lowest BCUT2D eigenvalue weighted by Crippen LogP contribution is -2.32. The number of rotatable bonds is 6. The van der Waals surface area contributed by atoms with E-state index < -0.39 is 0 Å². The zero-order valence-electron chi connectivity index (χ0n) is 7.98. The summed E-state index contributed by atoms with van der Waals surface area (Å²) in [5.74, 6) is 0. The van der Waals surface area contributed by atoms with E-state index in [2.05, 4.69) is 0 Å². The highest BCUT2D eigenvalue weighted by Crippen LogP contribution is 1.84. The number of aliphatic hydroxyl groups is 3. The van der Waals surface area contributed by atoms with E-state index in [9.17, 15) is 0 Å². The molecule has 0 unspecified atom stereocenters. The van der Waals surface area contributed by atoms with Crippen molar-refractivity contribution in [2.45, 2.75) is 6.92 Å². The summed E-state index contributed by atoms with van der Waals surface area (Å²) in [6.45, 7) is 3.18. The van der Waals surface area contributed by atoms with Crippen molar-refractivity contribution in [1.82, 2.24) is 4.90 Å². The van der Waals surface area contributed by atoms with Gasteiger partial charge in [-0.2, -0.15) is 5.26 Å². The maximum Gasteiger partial charge on any atom is 0.0587 e. The molecule has 0 rings (SSSR count). The molecular formula is C8H18N2O3. The third-order valence-corrected chi connectivity index (χ3v) is 1.25. The van der Waals surface area contributed by atoms with Gasteiger partial charge in [0.15, 0.2) is 0 Å². The van der Waals surface area contributed by atoms with Crippen molar-refractivity contribution in [2.24, 2.45) is 0 Å². The van der Waals surface area contributed by atoms with Gasteiger partial charge in [-0.15, -0.1) is 0 Å². The van der Waals surface area contributed by atoms with Crippen molar-refractivity contribution >= 4 is 0 Å². The minimum atomic E-state index is 0.0694. The molecule has 0 aromatic rings. The molecule has 0 bridgehead atoms. The van der Waals surface area contributed by atoms with E-state index in [0.29, 0.717) is 19.6 Å². The van der Waals surface area contributed by atoms with E-state index in [0.717, 1.165) is 0 Å². The van der Waals surface area contributed by atoms with Gasteiger partial charge in [0.25, 0.3) is 0 Å². The first kappa shape index (κ1) is 14.8. The Balaban J connectivity index is 0. The summed E-state index contributed by atoms with van der Waals surface area (Å²) in [6, 6.07) is 1.75. The smallest absolute Gasteiger partial charge is 0.0587 e. The minimum absolute atomic E-state index is 0.0694. The van der Waals surface area contributed by atoms with Crippen LogP contribution < -0.4 is 0 Å². The predicted molar refractivity (Wildman–Crippen MR) is 49.0 cm³/mol. The molecule has 0 radical (unpaired) electrons. The normalized spacial score (nSPS) is 8.92. The average Bonchev–Trinajstić information content (AvgIpc) is 2.07. The summed E-state index contributed by atoms with van der Waals surface area (Å²) in [5, 5.41) is 32.8. The molecule has 0 saturated heterocycles. The highest BCUT2D eigenvalue weighted by atomic mass is 16.3. The van der Waals surface area contributed by atoms with Gasteiger partial charge in [-0.1, -0.05) is 0 Å². The van der Waals surface area contributed by atoms with Crippen LogP contribution >= 0.6 is 0 Å². The highest BCUT2D eigenvalue weighted by Gasteiger charge is 2.00. The van der Waals surface area contributed by atoms with Crippen molar-refractivity contribution in [3.05, 3.63) is 0 Å². The lowest BCUT2D eigenvalue weighted by Gasteiger charge is -2.17. The molecule has 0 spiro atoms. The molecule has 78 valence electrons. The molecule has 0 aliphatic carbocycles. The van der Waals surface area contributed by atoms with Crippen LogP contribution in [0.5, 0.6) is 0 Å². The third-order valence-electron chi connectivity index (χ3n) is 1.25. The van der Waals surface area contributed by atoms with E-state index in [1.165, 1.54) is 6.92 Å². The first-order valence-corrected chi connectivity index (χ1v) is 4.12. The maximum absolute atomic E-state index is 8.48. The Bertz CT molecular complexity index is 111. The quantitative estimate of drug-likeness (QED) is 0.489. The molecule has 0 fully saturated rings. The van der Waals surface area contributed by atoms with Crippen molar-refractivity contribution in [3.63, 3.8) is 0 Å². The number of hydrogen-bond donors (Lipinski definition) is 3. The maximum atomic E-state index is 8.48. The fourth-order valence-electron chi connectivity index (χ4n) is 0.760. The van der Waals surface area contributed by atoms with Crippen molar-refractivity contribution in [2.75, 3.05) is 39.5 Å². The van der Waals surface area contributed by atoms with E-state index in [-0.39, 0.29) is 19.8 Å². The summed E-state index contributed by atoms with van der Waals surface area (Å²) in [4.78, 5) is 1.79. The van der Waals surface area contributed by atoms with Crippen LogP contribution in [0.2, 0.25) is 0 Å². The Morgan fingerprint density at radius 3 is 1.38 bits per heavy atom. The molecule has 0 aromatic carbocycles. The van der Waals surface area contributed by atoms with Gasteiger partial charge in [-0.05, 0) is 0 Å². The zero-order chi connectivity index (χ0) is 10.5. The largest absolute Gasteiger partial charge is 0.395 e. The van der Waals surface area contributed by atoms with Crippen LogP contribution in [0, 0.1) is 11.3 Å². The van der Waals surface area contributed by atoms with Crippen molar-refractivity contribution < 1.29 is 15.3 Å². The van der Waals surface area contributed by atoms with Gasteiger partial charge < -0.3 is 15.3 Å². The van der Waals surface area contributed by atoms with Gasteiger partial charge in [0.05, 0.1) is 25.9 Å². The van der Waals surface area contributed by atoms with Gasteiger partial charge >= 0.3 is 0 Å². The molecule has 13 heavy (non-hydrogen) atoms. The Kier molecular flexibility index (Phi) is 15.8. The Labute approximate surface area is 78.8 Å². The first-order chi connectivity index (χ1) is 6.26. The molecule has 0 saturated carbocycles. The second-order valence-corrected chi connectivity index (χ2v) is 2.24. The van der Waals surface area contributed by atoms with Crippen LogP contribution in [-0.2, 0) is 0 Å². The Morgan fingerprint density at radius 2 is 1.23 bits per heavy atom. The second-order valence-electron chi connectivity index (χ2n) is 2.24. The molecule has 3 N–H and O–H groups in total. The van der Waals surface area contributed by atoms with E-state index in [4.69, 9.17) is 20.6 Å². The lowest BCUT2D eigenvalue weighted by molar-refractivity contribution is 0.136. The topological polar surface area (TPSA) is 87.7 Å². The van der Waals surface area contributed by atoms with Gasteiger partial charge in [0.1, 0.15) is 0 Å². The standard InChI is InChI=1S/C6H15NO3.C2H3N/c8-4-1-7(2-5-9)3-6-10;1-2-3/h8-10H,1-6H2;1H3. The van der Waals surface area contributed by atoms with Crippen LogP contribution in [-0.4, -0.2) is 59.7 Å². The van der Waals surface area contributed by atoms with E-state index in [1.54, 1.807) is 11.0 Å². The molecule has 5 nitrogen and oxygen atoms in total. The lowest BCUT2D eigenvalue weighted by atomic mass is 10.4. The molecule has 0 atom stereocenters. The fraction of sp³-hybridized carbons (Fsp3) is 0.875. The molecule has 0 aromatic heterocycles. The monoisotopic (exact) mass is 190 g/mol. The number of nitriles is 1. The summed E-state index contributed by atoms with van der Waals surface area (Å²) < 4.78 is 0. The summed E-state index contributed by atoms with van der Waals surface area (Å²) >= 11 is 0. The van der Waals surface area contributed by atoms with Gasteiger partial charge in [0, 0.05) is 26.6 Å². The van der Waals surface area contributed by atoms with Crippen LogP contribution in [0.1, 0.15) is 6.92 Å². The Hall–Kier alpha value is -0.670. The van der Waals surface area contributed by atoms with Gasteiger partial charge in [-0.25, -0.2) is 0 Å². The molecule has 0 amide bonds. The van der Waals surface area contributed by atoms with Crippen LogP contribution in [0.4, 0.5) is 0 Å². The highest BCUT2D eigenvalue weighted by molar-refractivity contribution is 4.54. The average molecular weight is 190 g/mol. The Morgan fingerprint density at radius 1 is 1.00 bits per heavy atom. The van der Waals surface area contributed by atoms with Gasteiger partial charge in [-0.3, -0.25) is 4.90 Å². The van der Waals surface area contributed by atoms with Crippen molar-refractivity contribution in [3.8, 4) is 6.07 Å². The molecule has 5 heteroatoms. The second kappa shape index (κ2) is 13.9. The molecule has 0 heterocycles. The summed E-state index contributed by atoms with van der Waals surface area (Å²) in [5.41, 5.74) is 0. The first-order valence-electron chi connectivity index (χ1n) is 4.12. The van der Waals surface area contributed by atoms with E-state index >= 15 is 0 Å². The zero-order valence-corrected chi connectivity index (χ0v) is 7.98. The van der Waals surface area contributed by atoms with Crippen LogP contribution in [0.25, 0.3) is 0 Å². The molecule has 0 aliphatic rings. The van der Waals surface area contributed by atoms with E-state index in [1.807, 2.05) is 0 Å². The van der Waals surface area contributed by atoms with Crippen LogP contribution in [0.3, 0.4) is 0 Å². The minimum Gasteiger partial charge on any atom is -0.395 e. The summed E-state index contributed by atoms with van der Waals surface area (Å²) in [6.07, 6.45) is 0. The van der Waals surface area contributed by atoms with Crippen LogP contribution in [0.15, 0.2) is 0 Å². The predicted octanol–water partition coefficient (Wildman–Crippen LogP) is -1.20. The SMILES string of the molecule is CC#N.OCCN(CCO)CCO.